The lowest BCUT2D eigenvalue weighted by molar-refractivity contribution is 0.0339. The summed E-state index contributed by atoms with van der Waals surface area (Å²) in [6.45, 7) is 0.241. The lowest BCUT2D eigenvalue weighted by atomic mass is 10.3. The zero-order valence-electron chi connectivity index (χ0n) is 5.85. The van der Waals surface area contributed by atoms with E-state index in [0.717, 1.165) is 12.8 Å². The van der Waals surface area contributed by atoms with Crippen molar-refractivity contribution in [3.05, 3.63) is 0 Å². The Morgan fingerprint density at radius 3 is 2.90 bits per heavy atom. The van der Waals surface area contributed by atoms with Crippen LogP contribution in [0.4, 0.5) is 4.39 Å². The summed E-state index contributed by atoms with van der Waals surface area (Å²) in [4.78, 5) is 0. The molecule has 0 aliphatic heterocycles. The summed E-state index contributed by atoms with van der Waals surface area (Å²) >= 11 is 0. The van der Waals surface area contributed by atoms with Crippen molar-refractivity contribution < 1.29 is 9.13 Å². The summed E-state index contributed by atoms with van der Waals surface area (Å²) in [5.41, 5.74) is 0. The van der Waals surface area contributed by atoms with Crippen molar-refractivity contribution in [1.82, 2.24) is 0 Å². The summed E-state index contributed by atoms with van der Waals surface area (Å²) in [7, 11) is 0. The molecule has 1 nitrogen and oxygen atoms in total. The number of terminal acetylenes is 1. The monoisotopic (exact) mass is 142 g/mol. The van der Waals surface area contributed by atoms with E-state index < -0.39 is 6.17 Å². The molecule has 0 aromatic rings. The third kappa shape index (κ3) is 1.71. The Kier molecular flexibility index (Phi) is 2.70. The molecule has 0 amide bonds. The second-order valence-corrected chi connectivity index (χ2v) is 2.50. The van der Waals surface area contributed by atoms with Gasteiger partial charge < -0.3 is 4.74 Å². The minimum Gasteiger partial charge on any atom is -0.363 e. The van der Waals surface area contributed by atoms with Gasteiger partial charge in [-0.05, 0) is 19.3 Å². The molecule has 0 aromatic carbocycles. The van der Waals surface area contributed by atoms with Gasteiger partial charge in [-0.3, -0.25) is 0 Å². The van der Waals surface area contributed by atoms with Crippen molar-refractivity contribution in [2.24, 2.45) is 0 Å². The van der Waals surface area contributed by atoms with E-state index in [1.54, 1.807) is 0 Å². The van der Waals surface area contributed by atoms with Crippen LogP contribution >= 0.6 is 0 Å². The fourth-order valence-corrected chi connectivity index (χ4v) is 1.22. The predicted molar refractivity (Wildman–Crippen MR) is 37.3 cm³/mol. The molecular formula is C8H11FO. The maximum absolute atomic E-state index is 12.7. The highest BCUT2D eigenvalue weighted by Crippen LogP contribution is 2.24. The SMILES string of the molecule is C#CCOC1CCCC1F. The predicted octanol–water partition coefficient (Wildman–Crippen LogP) is 1.53. The fraction of sp³-hybridized carbons (Fsp3) is 0.750. The minimum atomic E-state index is -0.784. The first-order valence-corrected chi connectivity index (χ1v) is 3.53. The summed E-state index contributed by atoms with van der Waals surface area (Å²) in [6.07, 6.45) is 6.33. The molecule has 1 saturated carbocycles. The Morgan fingerprint density at radius 2 is 2.40 bits per heavy atom. The Bertz CT molecular complexity index is 139. The van der Waals surface area contributed by atoms with Crippen molar-refractivity contribution in [2.45, 2.75) is 31.5 Å². The van der Waals surface area contributed by atoms with E-state index in [-0.39, 0.29) is 12.7 Å². The van der Waals surface area contributed by atoms with E-state index in [9.17, 15) is 4.39 Å². The molecule has 0 spiro atoms. The zero-order valence-corrected chi connectivity index (χ0v) is 5.85. The van der Waals surface area contributed by atoms with Crippen molar-refractivity contribution in [3.8, 4) is 12.3 Å². The summed E-state index contributed by atoms with van der Waals surface area (Å²) in [5, 5.41) is 0. The number of hydrogen-bond donors (Lipinski definition) is 0. The molecule has 1 rings (SSSR count). The van der Waals surface area contributed by atoms with Gasteiger partial charge in [-0.2, -0.15) is 0 Å². The van der Waals surface area contributed by atoms with Crippen LogP contribution in [0.25, 0.3) is 0 Å². The highest BCUT2D eigenvalue weighted by atomic mass is 19.1. The molecule has 0 radical (unpaired) electrons. The normalized spacial score (nSPS) is 32.0. The molecule has 0 saturated heterocycles. The Labute approximate surface area is 60.6 Å². The summed E-state index contributed by atoms with van der Waals surface area (Å²) in [5.74, 6) is 2.33. The second-order valence-electron chi connectivity index (χ2n) is 2.50. The molecule has 0 heterocycles. The second kappa shape index (κ2) is 3.58. The van der Waals surface area contributed by atoms with Gasteiger partial charge in [-0.15, -0.1) is 6.42 Å². The van der Waals surface area contributed by atoms with E-state index in [4.69, 9.17) is 11.2 Å². The highest BCUT2D eigenvalue weighted by molar-refractivity contribution is 4.85. The van der Waals surface area contributed by atoms with Crippen molar-refractivity contribution in [1.29, 1.82) is 0 Å². The van der Waals surface area contributed by atoms with Gasteiger partial charge in [0, 0.05) is 0 Å². The topological polar surface area (TPSA) is 9.23 Å². The van der Waals surface area contributed by atoms with Gasteiger partial charge in [0.15, 0.2) is 0 Å². The van der Waals surface area contributed by atoms with Gasteiger partial charge in [-0.1, -0.05) is 5.92 Å². The van der Waals surface area contributed by atoms with E-state index in [0.29, 0.717) is 6.42 Å². The van der Waals surface area contributed by atoms with Crippen LogP contribution in [0, 0.1) is 12.3 Å². The van der Waals surface area contributed by atoms with Crippen molar-refractivity contribution in [2.75, 3.05) is 6.61 Å². The smallest absolute Gasteiger partial charge is 0.126 e. The van der Waals surface area contributed by atoms with Crippen LogP contribution in [0.2, 0.25) is 0 Å². The van der Waals surface area contributed by atoms with Crippen LogP contribution in [-0.4, -0.2) is 18.9 Å². The van der Waals surface area contributed by atoms with Crippen LogP contribution in [0.1, 0.15) is 19.3 Å². The van der Waals surface area contributed by atoms with Crippen molar-refractivity contribution in [3.63, 3.8) is 0 Å². The standard InChI is InChI=1S/C8H11FO/c1-2-6-10-8-5-3-4-7(8)9/h1,7-8H,3-6H2. The molecule has 1 fully saturated rings. The average Bonchev–Trinajstić information content (AvgIpc) is 2.31. The average molecular weight is 142 g/mol. The largest absolute Gasteiger partial charge is 0.363 e. The third-order valence-corrected chi connectivity index (χ3v) is 1.75. The highest BCUT2D eigenvalue weighted by Gasteiger charge is 2.26. The third-order valence-electron chi connectivity index (χ3n) is 1.75. The number of alkyl halides is 1. The van der Waals surface area contributed by atoms with E-state index in [2.05, 4.69) is 5.92 Å². The molecular weight excluding hydrogens is 131 g/mol. The molecule has 2 heteroatoms. The quantitative estimate of drug-likeness (QED) is 0.531. The van der Waals surface area contributed by atoms with Crippen LogP contribution in [0.5, 0.6) is 0 Å². The fourth-order valence-electron chi connectivity index (χ4n) is 1.22. The Hall–Kier alpha value is -0.550. The Balaban J connectivity index is 2.21. The van der Waals surface area contributed by atoms with Crippen LogP contribution in [-0.2, 0) is 4.74 Å². The molecule has 0 N–H and O–H groups in total. The van der Waals surface area contributed by atoms with Crippen LogP contribution in [0.15, 0.2) is 0 Å². The van der Waals surface area contributed by atoms with Gasteiger partial charge >= 0.3 is 0 Å². The van der Waals surface area contributed by atoms with Gasteiger partial charge in [0.1, 0.15) is 12.8 Å². The number of rotatable bonds is 2. The molecule has 2 atom stereocenters. The van der Waals surface area contributed by atoms with Gasteiger partial charge in [-0.25, -0.2) is 4.39 Å². The molecule has 10 heavy (non-hydrogen) atoms. The molecule has 56 valence electrons. The lowest BCUT2D eigenvalue weighted by Gasteiger charge is -2.10. The first-order chi connectivity index (χ1) is 4.84. The van der Waals surface area contributed by atoms with E-state index in [1.807, 2.05) is 0 Å². The first kappa shape index (κ1) is 7.56. The number of halogens is 1. The lowest BCUT2D eigenvalue weighted by Crippen LogP contribution is -2.18. The maximum atomic E-state index is 12.7. The van der Waals surface area contributed by atoms with Crippen LogP contribution in [0.3, 0.4) is 0 Å². The summed E-state index contributed by atoms with van der Waals surface area (Å²) in [6, 6.07) is 0. The molecule has 1 aliphatic rings. The summed E-state index contributed by atoms with van der Waals surface area (Å²) < 4.78 is 17.8. The first-order valence-electron chi connectivity index (χ1n) is 3.53. The van der Waals surface area contributed by atoms with Gasteiger partial charge in [0.25, 0.3) is 0 Å². The number of ether oxygens (including phenoxy) is 1. The zero-order chi connectivity index (χ0) is 7.40. The molecule has 0 aromatic heterocycles. The minimum absolute atomic E-state index is 0.226. The van der Waals surface area contributed by atoms with Gasteiger partial charge in [0.05, 0.1) is 6.10 Å². The van der Waals surface area contributed by atoms with Crippen LogP contribution < -0.4 is 0 Å². The van der Waals surface area contributed by atoms with Gasteiger partial charge in [0.2, 0.25) is 0 Å². The van der Waals surface area contributed by atoms with E-state index >= 15 is 0 Å². The number of hydrogen-bond acceptors (Lipinski definition) is 1. The molecule has 0 bridgehead atoms. The van der Waals surface area contributed by atoms with E-state index in [1.165, 1.54) is 0 Å². The molecule has 1 aliphatic carbocycles. The molecule has 2 unspecified atom stereocenters. The maximum Gasteiger partial charge on any atom is 0.126 e. The van der Waals surface area contributed by atoms with Crippen molar-refractivity contribution >= 4 is 0 Å². The Morgan fingerprint density at radius 1 is 1.60 bits per heavy atom.